The number of aliphatic imine (C=N–C) groups is 1. The molecule has 1 atom stereocenters. The zero-order valence-corrected chi connectivity index (χ0v) is 14.8. The molecule has 138 valence electrons. The fraction of sp³-hybridized carbons (Fsp3) is 0.167. The van der Waals surface area contributed by atoms with E-state index in [1.807, 2.05) is 40.1 Å². The van der Waals surface area contributed by atoms with E-state index in [4.69, 9.17) is 9.98 Å². The molecule has 0 fully saturated rings. The zero-order chi connectivity index (χ0) is 18.5. The molecule has 0 aliphatic carbocycles. The van der Waals surface area contributed by atoms with Crippen molar-refractivity contribution < 1.29 is 0 Å². The fourth-order valence-corrected chi connectivity index (χ4v) is 3.71. The van der Waals surface area contributed by atoms with Crippen molar-refractivity contribution in [2.24, 2.45) is 4.99 Å². The second-order valence-electron chi connectivity index (χ2n) is 6.64. The number of anilines is 1. The van der Waals surface area contributed by atoms with Crippen molar-refractivity contribution in [3.63, 3.8) is 0 Å². The van der Waals surface area contributed by atoms with E-state index >= 15 is 0 Å². The van der Waals surface area contributed by atoms with Gasteiger partial charge in [-0.05, 0) is 18.2 Å². The summed E-state index contributed by atoms with van der Waals surface area (Å²) in [6.45, 7) is 1.07. The molecule has 0 saturated heterocycles. The molecule has 28 heavy (non-hydrogen) atoms. The molecule has 6 rings (SSSR count). The first-order valence-electron chi connectivity index (χ1n) is 8.94. The van der Waals surface area contributed by atoms with Crippen molar-refractivity contribution in [1.29, 1.82) is 0 Å². The number of pyridine rings is 1. The Labute approximate surface area is 159 Å². The van der Waals surface area contributed by atoms with Gasteiger partial charge in [-0.2, -0.15) is 0 Å². The molecule has 0 radical (unpaired) electrons. The summed E-state index contributed by atoms with van der Waals surface area (Å²) in [6, 6.07) is 12.1. The van der Waals surface area contributed by atoms with E-state index in [0.717, 1.165) is 28.5 Å². The summed E-state index contributed by atoms with van der Waals surface area (Å²) < 4.78 is 4.03. The van der Waals surface area contributed by atoms with Gasteiger partial charge in [0.15, 0.2) is 0 Å². The zero-order valence-electron chi connectivity index (χ0n) is 14.8. The third-order valence-electron chi connectivity index (χ3n) is 5.02. The number of hydrogen-bond donors (Lipinski definition) is 1. The molecule has 10 nitrogen and oxygen atoms in total. The normalized spacial score (nSPS) is 18.4. The first kappa shape index (κ1) is 15.1. The van der Waals surface area contributed by atoms with Crippen LogP contribution >= 0.6 is 0 Å². The first-order chi connectivity index (χ1) is 13.9. The summed E-state index contributed by atoms with van der Waals surface area (Å²) in [6.07, 6.45) is 6.85. The molecule has 1 N–H and O–H groups in total. The summed E-state index contributed by atoms with van der Waals surface area (Å²) in [7, 11) is 0. The summed E-state index contributed by atoms with van der Waals surface area (Å²) in [5.41, 5.74) is 3.05. The minimum absolute atomic E-state index is 0.132. The molecule has 0 saturated carbocycles. The number of guanidine groups is 1. The van der Waals surface area contributed by atoms with Gasteiger partial charge in [0.05, 0.1) is 11.0 Å². The van der Waals surface area contributed by atoms with E-state index < -0.39 is 0 Å². The molecule has 0 amide bonds. The molecule has 10 heteroatoms. The van der Waals surface area contributed by atoms with Crippen molar-refractivity contribution in [2.45, 2.75) is 6.17 Å². The van der Waals surface area contributed by atoms with Crippen molar-refractivity contribution >= 4 is 22.9 Å². The minimum atomic E-state index is -0.132. The number of nitrogens with one attached hydrogen (secondary N) is 1. The molecule has 5 heterocycles. The van der Waals surface area contributed by atoms with Gasteiger partial charge in [0, 0.05) is 18.0 Å². The van der Waals surface area contributed by atoms with E-state index in [0.29, 0.717) is 13.3 Å². The molecule has 0 unspecified atom stereocenters. The van der Waals surface area contributed by atoms with Gasteiger partial charge < -0.3 is 5.32 Å². The maximum Gasteiger partial charge on any atom is 0.217 e. The summed E-state index contributed by atoms with van der Waals surface area (Å²) in [5, 5.41) is 13.4. The number of rotatable bonds is 2. The predicted molar refractivity (Wildman–Crippen MR) is 103 cm³/mol. The van der Waals surface area contributed by atoms with Crippen molar-refractivity contribution in [3.05, 3.63) is 67.0 Å². The van der Waals surface area contributed by atoms with Crippen molar-refractivity contribution in [3.8, 4) is 0 Å². The average Bonchev–Trinajstić information content (AvgIpc) is 3.42. The van der Waals surface area contributed by atoms with Gasteiger partial charge in [0.2, 0.25) is 11.9 Å². The van der Waals surface area contributed by atoms with E-state index in [1.54, 1.807) is 18.9 Å². The van der Waals surface area contributed by atoms with Gasteiger partial charge in [-0.25, -0.2) is 14.7 Å². The molecule has 2 aliphatic heterocycles. The van der Waals surface area contributed by atoms with Crippen LogP contribution < -0.4 is 15.2 Å². The van der Waals surface area contributed by atoms with Crippen molar-refractivity contribution in [1.82, 2.24) is 34.7 Å². The molecular formula is C18H16N10. The lowest BCUT2D eigenvalue weighted by atomic mass is 10.2. The Morgan fingerprint density at radius 2 is 1.93 bits per heavy atom. The maximum absolute atomic E-state index is 4.91. The van der Waals surface area contributed by atoms with Gasteiger partial charge in [0.25, 0.3) is 0 Å². The number of nitrogens with zero attached hydrogens (tertiary/aromatic N) is 9. The Hall–Kier alpha value is -3.95. The van der Waals surface area contributed by atoms with Crippen LogP contribution in [0.5, 0.6) is 0 Å². The number of fused-ring (bicyclic) bond motifs is 5. The Kier molecular flexibility index (Phi) is 3.12. The highest BCUT2D eigenvalue weighted by molar-refractivity contribution is 5.99. The highest BCUT2D eigenvalue weighted by atomic mass is 15.7. The monoisotopic (exact) mass is 372 g/mol. The van der Waals surface area contributed by atoms with Crippen LogP contribution in [-0.2, 0) is 0 Å². The smallest absolute Gasteiger partial charge is 0.217 e. The van der Waals surface area contributed by atoms with Crippen LogP contribution in [-0.4, -0.2) is 48.7 Å². The van der Waals surface area contributed by atoms with Crippen LogP contribution in [0.3, 0.4) is 0 Å². The molecule has 3 aromatic heterocycles. The molecular weight excluding hydrogens is 356 g/mol. The van der Waals surface area contributed by atoms with Gasteiger partial charge in [-0.1, -0.05) is 18.2 Å². The largest absolute Gasteiger partial charge is 0.331 e. The standard InChI is InChI=1S/C18H16N10/c1-2-6-15-14(5-1)23-18-27-12-26(25-10-21-22-11-25)9-20-17(27)24-16(28(15)18)13-4-3-7-19-8-13/h1-8,10-11,16H,9,12H2,(H,20,24)/t16-/m1/s1. The van der Waals surface area contributed by atoms with Crippen LogP contribution in [0, 0.1) is 0 Å². The Balaban J connectivity index is 1.52. The van der Waals surface area contributed by atoms with Crippen LogP contribution in [0.1, 0.15) is 11.7 Å². The van der Waals surface area contributed by atoms with Crippen molar-refractivity contribution in [2.75, 3.05) is 23.2 Å². The van der Waals surface area contributed by atoms with E-state index in [-0.39, 0.29) is 6.17 Å². The average molecular weight is 372 g/mol. The van der Waals surface area contributed by atoms with Gasteiger partial charge in [-0.15, -0.1) is 10.2 Å². The minimum Gasteiger partial charge on any atom is -0.331 e. The lowest BCUT2D eigenvalue weighted by Crippen LogP contribution is -2.59. The van der Waals surface area contributed by atoms with Crippen LogP contribution in [0.2, 0.25) is 0 Å². The number of hydrogen-bond acceptors (Lipinski definition) is 8. The highest BCUT2D eigenvalue weighted by Gasteiger charge is 2.36. The molecule has 2 aliphatic rings. The van der Waals surface area contributed by atoms with Gasteiger partial charge >= 0.3 is 0 Å². The Bertz CT molecular complexity index is 1160. The third kappa shape index (κ3) is 2.17. The molecule has 1 aromatic carbocycles. The van der Waals surface area contributed by atoms with E-state index in [1.165, 1.54) is 0 Å². The number of para-hydroxylation sites is 2. The topological polar surface area (TPSA) is 92.3 Å². The van der Waals surface area contributed by atoms with Crippen LogP contribution in [0.25, 0.3) is 11.0 Å². The number of benzene rings is 1. The lowest BCUT2D eigenvalue weighted by Gasteiger charge is -2.42. The summed E-state index contributed by atoms with van der Waals surface area (Å²) >= 11 is 0. The fourth-order valence-electron chi connectivity index (χ4n) is 3.71. The Morgan fingerprint density at radius 1 is 1.04 bits per heavy atom. The Morgan fingerprint density at radius 3 is 2.79 bits per heavy atom. The second-order valence-corrected chi connectivity index (χ2v) is 6.64. The van der Waals surface area contributed by atoms with Gasteiger partial charge in [0.1, 0.15) is 32.2 Å². The predicted octanol–water partition coefficient (Wildman–Crippen LogP) is 0.902. The third-order valence-corrected chi connectivity index (χ3v) is 5.02. The van der Waals surface area contributed by atoms with E-state index in [9.17, 15) is 0 Å². The quantitative estimate of drug-likeness (QED) is 0.559. The van der Waals surface area contributed by atoms with Crippen LogP contribution in [0.15, 0.2) is 66.4 Å². The lowest BCUT2D eigenvalue weighted by molar-refractivity contribution is 0.494. The summed E-state index contributed by atoms with van der Waals surface area (Å²) in [4.78, 5) is 16.0. The first-order valence-corrected chi connectivity index (χ1v) is 8.94. The van der Waals surface area contributed by atoms with Gasteiger partial charge in [-0.3, -0.25) is 19.5 Å². The molecule has 0 spiro atoms. The number of aromatic nitrogens is 6. The second kappa shape index (κ2) is 5.78. The maximum atomic E-state index is 4.91. The van der Waals surface area contributed by atoms with E-state index in [2.05, 4.69) is 42.1 Å². The van der Waals surface area contributed by atoms with Crippen LogP contribution in [0.4, 0.5) is 5.95 Å². The SMILES string of the molecule is c1cncc([C@@H]2NC3=NCN(n4cnnc4)CN3c3nc4ccccc4n32)c1. The molecule has 4 aromatic rings. The molecule has 0 bridgehead atoms. The number of imidazole rings is 1. The summed E-state index contributed by atoms with van der Waals surface area (Å²) in [5.74, 6) is 1.63. The highest BCUT2D eigenvalue weighted by Crippen LogP contribution is 2.33.